The number of halogens is 5. The van der Waals surface area contributed by atoms with Gasteiger partial charge >= 0.3 is 12.1 Å². The maximum Gasteiger partial charge on any atom is 0.456 e. The number of ketones is 1. The molecule has 218 valence electrons. The molecule has 1 saturated heterocycles. The highest BCUT2D eigenvalue weighted by Gasteiger charge is 2.79. The number of rotatable bonds is 4. The van der Waals surface area contributed by atoms with Crippen LogP contribution in [0.1, 0.15) is 68.9 Å². The average Bonchev–Trinajstić information content (AvgIpc) is 3.20. The van der Waals surface area contributed by atoms with Gasteiger partial charge in [0.05, 0.1) is 0 Å². The number of aliphatic hydroxyl groups is 1. The van der Waals surface area contributed by atoms with Gasteiger partial charge < -0.3 is 10.4 Å². The molecule has 1 aromatic carbocycles. The van der Waals surface area contributed by atoms with Crippen LogP contribution in [0.2, 0.25) is 0 Å². The standard InChI is InChI=1S/C31H37F5N2O2/c1-28-17-25(20-4-2-19(3-5-20)18-38-14-12-37-13-15-38)27-23-9-7-22(39)16-21(23)6-8-24(27)26(28)10-11-29(28,40)30(32,33)31(34,35)36/h2-5,16,24-26,37,40H,6-15,17-18H2,1H3/t24?,25-,26?,28?,29+/m1/s1. The van der Waals surface area contributed by atoms with Gasteiger partial charge in [0.1, 0.15) is 5.60 Å². The van der Waals surface area contributed by atoms with Gasteiger partial charge in [-0.25, -0.2) is 0 Å². The summed E-state index contributed by atoms with van der Waals surface area (Å²) in [6, 6.07) is 8.03. The average molecular weight is 565 g/mol. The molecule has 40 heavy (non-hydrogen) atoms. The summed E-state index contributed by atoms with van der Waals surface area (Å²) in [5.74, 6) is -6.24. The van der Waals surface area contributed by atoms with Gasteiger partial charge in [0.15, 0.2) is 5.78 Å². The Labute approximate surface area is 231 Å². The van der Waals surface area contributed by atoms with Crippen molar-refractivity contribution in [2.24, 2.45) is 17.3 Å². The monoisotopic (exact) mass is 564 g/mol. The lowest BCUT2D eigenvalue weighted by molar-refractivity contribution is -0.362. The fourth-order valence-corrected chi connectivity index (χ4v) is 8.70. The second kappa shape index (κ2) is 9.73. The van der Waals surface area contributed by atoms with Crippen molar-refractivity contribution < 1.29 is 31.9 Å². The van der Waals surface area contributed by atoms with Crippen molar-refractivity contribution in [1.82, 2.24) is 10.2 Å². The first-order valence-corrected chi connectivity index (χ1v) is 14.5. The minimum Gasteiger partial charge on any atom is -0.383 e. The number of hydrogen-bond acceptors (Lipinski definition) is 4. The van der Waals surface area contributed by atoms with Crippen molar-refractivity contribution in [2.75, 3.05) is 26.2 Å². The van der Waals surface area contributed by atoms with E-state index < -0.39 is 41.4 Å². The molecule has 2 saturated carbocycles. The maximum atomic E-state index is 15.1. The molecule has 1 aromatic rings. The van der Waals surface area contributed by atoms with Crippen molar-refractivity contribution in [3.63, 3.8) is 0 Å². The molecular formula is C31H37F5N2O2. The second-order valence-electron chi connectivity index (χ2n) is 12.7. The molecule has 0 amide bonds. The zero-order valence-electron chi connectivity index (χ0n) is 22.8. The highest BCUT2D eigenvalue weighted by atomic mass is 19.4. The lowest BCUT2D eigenvalue weighted by Gasteiger charge is -2.56. The SMILES string of the molecule is CC12C[C@H](c3ccc(CN4CCNCC4)cc3)C3=C4CCC(=O)C=C4CCC3C1CC[C@@]2(O)C(F)(F)C(F)(F)F. The molecule has 0 radical (unpaired) electrons. The van der Waals surface area contributed by atoms with Crippen LogP contribution in [0.25, 0.3) is 0 Å². The van der Waals surface area contributed by atoms with E-state index in [1.54, 1.807) is 6.08 Å². The van der Waals surface area contributed by atoms with Gasteiger partial charge in [-0.2, -0.15) is 22.0 Å². The van der Waals surface area contributed by atoms with E-state index in [0.29, 0.717) is 25.7 Å². The molecule has 4 nitrogen and oxygen atoms in total. The molecule has 4 aliphatic carbocycles. The molecule has 6 rings (SSSR count). The third-order valence-electron chi connectivity index (χ3n) is 10.8. The summed E-state index contributed by atoms with van der Waals surface area (Å²) in [7, 11) is 0. The normalized spacial score (nSPS) is 35.2. The van der Waals surface area contributed by atoms with Crippen LogP contribution in [0.5, 0.6) is 0 Å². The van der Waals surface area contributed by atoms with Gasteiger partial charge in [0, 0.05) is 50.5 Å². The molecule has 1 aliphatic heterocycles. The Morgan fingerprint density at radius 1 is 1.02 bits per heavy atom. The molecule has 0 spiro atoms. The topological polar surface area (TPSA) is 52.6 Å². The Balaban J connectivity index is 1.42. The van der Waals surface area contributed by atoms with Crippen LogP contribution in [-0.2, 0) is 11.3 Å². The number of nitrogens with one attached hydrogen (secondary N) is 1. The van der Waals surface area contributed by atoms with Crippen LogP contribution in [0.4, 0.5) is 22.0 Å². The van der Waals surface area contributed by atoms with Crippen molar-refractivity contribution in [2.45, 2.75) is 82.0 Å². The summed E-state index contributed by atoms with van der Waals surface area (Å²) in [4.78, 5) is 14.6. The summed E-state index contributed by atoms with van der Waals surface area (Å²) in [6.07, 6.45) is -2.46. The minimum absolute atomic E-state index is 0.00748. The van der Waals surface area contributed by atoms with Gasteiger partial charge in [-0.05, 0) is 78.7 Å². The van der Waals surface area contributed by atoms with Crippen molar-refractivity contribution in [3.8, 4) is 0 Å². The van der Waals surface area contributed by atoms with Gasteiger partial charge in [-0.3, -0.25) is 9.69 Å². The zero-order valence-corrected chi connectivity index (χ0v) is 22.8. The summed E-state index contributed by atoms with van der Waals surface area (Å²) in [5.41, 5.74) is 0.356. The molecule has 0 bridgehead atoms. The molecule has 0 aromatic heterocycles. The predicted octanol–water partition coefficient (Wildman–Crippen LogP) is 5.92. The number of benzene rings is 1. The largest absolute Gasteiger partial charge is 0.456 e. The van der Waals surface area contributed by atoms with Crippen molar-refractivity contribution >= 4 is 5.78 Å². The fourth-order valence-electron chi connectivity index (χ4n) is 8.70. The summed E-state index contributed by atoms with van der Waals surface area (Å²) >= 11 is 0. The number of hydrogen-bond donors (Lipinski definition) is 2. The smallest absolute Gasteiger partial charge is 0.383 e. The van der Waals surface area contributed by atoms with Crippen molar-refractivity contribution in [1.29, 1.82) is 0 Å². The molecule has 3 unspecified atom stereocenters. The van der Waals surface area contributed by atoms with Gasteiger partial charge in [-0.1, -0.05) is 36.8 Å². The maximum absolute atomic E-state index is 15.1. The molecule has 2 N–H and O–H groups in total. The van der Waals surface area contributed by atoms with Gasteiger partial charge in [-0.15, -0.1) is 0 Å². The van der Waals surface area contributed by atoms with Crippen LogP contribution >= 0.6 is 0 Å². The van der Waals surface area contributed by atoms with Gasteiger partial charge in [0.25, 0.3) is 0 Å². The molecular weight excluding hydrogens is 527 g/mol. The molecule has 5 atom stereocenters. The van der Waals surface area contributed by atoms with Crippen LogP contribution < -0.4 is 5.32 Å². The third-order valence-corrected chi connectivity index (χ3v) is 10.8. The van der Waals surface area contributed by atoms with E-state index in [0.717, 1.165) is 60.6 Å². The van der Waals surface area contributed by atoms with E-state index in [-0.39, 0.29) is 24.5 Å². The fraction of sp³-hybridized carbons (Fsp3) is 0.645. The first kappa shape index (κ1) is 28.0. The van der Waals surface area contributed by atoms with E-state index in [4.69, 9.17) is 0 Å². The Morgan fingerprint density at radius 3 is 2.40 bits per heavy atom. The second-order valence-corrected chi connectivity index (χ2v) is 12.7. The highest BCUT2D eigenvalue weighted by Crippen LogP contribution is 2.70. The number of nitrogens with zero attached hydrogens (tertiary/aromatic N) is 1. The first-order valence-electron chi connectivity index (χ1n) is 14.5. The van der Waals surface area contributed by atoms with Crippen LogP contribution in [-0.4, -0.2) is 59.7 Å². The molecule has 9 heteroatoms. The quantitative estimate of drug-likeness (QED) is 0.446. The number of allylic oxidation sites excluding steroid dienone is 4. The summed E-state index contributed by atoms with van der Waals surface area (Å²) < 4.78 is 71.5. The van der Waals surface area contributed by atoms with E-state index in [1.807, 2.05) is 24.3 Å². The lowest BCUT2D eigenvalue weighted by Crippen LogP contribution is -2.65. The van der Waals surface area contributed by atoms with Crippen molar-refractivity contribution in [3.05, 3.63) is 58.2 Å². The first-order chi connectivity index (χ1) is 18.9. The lowest BCUT2D eigenvalue weighted by atomic mass is 9.50. The predicted molar refractivity (Wildman–Crippen MR) is 141 cm³/mol. The number of fused-ring (bicyclic) bond motifs is 4. The Morgan fingerprint density at radius 2 is 1.73 bits per heavy atom. The van der Waals surface area contributed by atoms with Crippen LogP contribution in [0.3, 0.4) is 0 Å². The summed E-state index contributed by atoms with van der Waals surface area (Å²) in [6.45, 7) is 6.01. The summed E-state index contributed by atoms with van der Waals surface area (Å²) in [5, 5.41) is 14.7. The van der Waals surface area contributed by atoms with E-state index in [1.165, 1.54) is 6.92 Å². The van der Waals surface area contributed by atoms with Crippen LogP contribution in [0.15, 0.2) is 47.1 Å². The number of carbonyl (C=O) groups excluding carboxylic acids is 1. The number of carbonyl (C=O) groups is 1. The highest BCUT2D eigenvalue weighted by molar-refractivity contribution is 5.93. The third kappa shape index (κ3) is 4.21. The Bertz CT molecular complexity index is 1230. The van der Waals surface area contributed by atoms with Gasteiger partial charge in [0.2, 0.25) is 0 Å². The Hall–Kier alpha value is -2.10. The number of piperazine rings is 1. The van der Waals surface area contributed by atoms with E-state index >= 15 is 8.78 Å². The number of alkyl halides is 5. The Kier molecular flexibility index (Phi) is 6.82. The molecule has 5 aliphatic rings. The van der Waals surface area contributed by atoms with Crippen LogP contribution in [0, 0.1) is 17.3 Å². The van der Waals surface area contributed by atoms with E-state index in [9.17, 15) is 23.1 Å². The molecule has 1 heterocycles. The zero-order chi connectivity index (χ0) is 28.5. The molecule has 3 fully saturated rings. The van der Waals surface area contributed by atoms with E-state index in [2.05, 4.69) is 10.2 Å². The minimum atomic E-state index is -5.84.